The van der Waals surface area contributed by atoms with E-state index in [1.807, 2.05) is 24.3 Å². The monoisotopic (exact) mass is 902 g/mol. The summed E-state index contributed by atoms with van der Waals surface area (Å²) in [4.78, 5) is 0. The van der Waals surface area contributed by atoms with Gasteiger partial charge >= 0.3 is 0 Å². The number of benzene rings is 8. The summed E-state index contributed by atoms with van der Waals surface area (Å²) in [5, 5.41) is 4.73. The number of aryl methyl sites for hydroxylation is 2. The molecule has 0 bridgehead atoms. The van der Waals surface area contributed by atoms with Gasteiger partial charge in [-0.1, -0.05) is 122 Å². The van der Waals surface area contributed by atoms with Crippen molar-refractivity contribution in [1.29, 1.82) is 0 Å². The molecule has 2 aromatic heterocycles. The maximum absolute atomic E-state index is 6.89. The lowest BCUT2D eigenvalue weighted by Crippen LogP contribution is -2.41. The van der Waals surface area contributed by atoms with E-state index >= 15 is 0 Å². The van der Waals surface area contributed by atoms with Gasteiger partial charge in [0.15, 0.2) is 25.1 Å². The van der Waals surface area contributed by atoms with Crippen LogP contribution in [0.5, 0.6) is 23.0 Å². The summed E-state index contributed by atoms with van der Waals surface area (Å²) in [6, 6.07) is 59.3. The van der Waals surface area contributed by atoms with Crippen LogP contribution in [0, 0.1) is 13.8 Å². The van der Waals surface area contributed by atoms with Gasteiger partial charge in [-0.05, 0) is 85.6 Å². The summed E-state index contributed by atoms with van der Waals surface area (Å²) in [6.07, 6.45) is 1.05. The van der Waals surface area contributed by atoms with Gasteiger partial charge in [-0.25, -0.2) is 0 Å². The topological polar surface area (TPSA) is 65.2 Å². The SMILES string of the molecule is COCOc1c(-c2ccccc2OC[Si](C)(C)COc2ccccc2-c2cc(C)cc(-n3c4ccccc4c4ccccc43)c2OCOC)cc(C)cc1-n1c2ccccc2c2ccccc21. The van der Waals surface area contributed by atoms with Crippen molar-refractivity contribution in [2.75, 3.05) is 40.3 Å². The van der Waals surface area contributed by atoms with Crippen LogP contribution in [0.2, 0.25) is 13.1 Å². The predicted molar refractivity (Wildman–Crippen MR) is 275 cm³/mol. The molecule has 0 aliphatic heterocycles. The lowest BCUT2D eigenvalue weighted by Gasteiger charge is -2.25. The summed E-state index contributed by atoms with van der Waals surface area (Å²) in [7, 11) is 1.11. The molecular formula is C58H54N2O6Si. The number of hydrogen-bond donors (Lipinski definition) is 0. The number of para-hydroxylation sites is 6. The molecule has 0 saturated carbocycles. The molecule has 9 heteroatoms. The molecule has 0 atom stereocenters. The largest absolute Gasteiger partial charge is 0.496 e. The molecule has 8 aromatic carbocycles. The van der Waals surface area contributed by atoms with E-state index in [1.54, 1.807) is 14.2 Å². The zero-order valence-electron chi connectivity index (χ0n) is 38.8. The normalized spacial score (nSPS) is 11.8. The molecule has 0 saturated heterocycles. The van der Waals surface area contributed by atoms with Crippen LogP contribution >= 0.6 is 0 Å². The first kappa shape index (κ1) is 43.6. The highest BCUT2D eigenvalue weighted by molar-refractivity contribution is 6.77. The fourth-order valence-electron chi connectivity index (χ4n) is 9.36. The Labute approximate surface area is 392 Å². The number of hydrogen-bond acceptors (Lipinski definition) is 6. The summed E-state index contributed by atoms with van der Waals surface area (Å²) in [6.45, 7) is 9.05. The first-order valence-electron chi connectivity index (χ1n) is 22.7. The van der Waals surface area contributed by atoms with Crippen molar-refractivity contribution in [3.8, 4) is 56.6 Å². The first-order chi connectivity index (χ1) is 32.7. The second kappa shape index (κ2) is 18.5. The highest BCUT2D eigenvalue weighted by Crippen LogP contribution is 2.46. The van der Waals surface area contributed by atoms with E-state index in [0.29, 0.717) is 12.5 Å². The second-order valence-corrected chi connectivity index (χ2v) is 22.8. The van der Waals surface area contributed by atoms with Crippen LogP contribution in [0.4, 0.5) is 0 Å². The molecule has 10 aromatic rings. The van der Waals surface area contributed by atoms with Crippen LogP contribution in [-0.2, 0) is 9.47 Å². The van der Waals surface area contributed by atoms with E-state index in [4.69, 9.17) is 28.4 Å². The van der Waals surface area contributed by atoms with Gasteiger partial charge in [-0.15, -0.1) is 0 Å². The van der Waals surface area contributed by atoms with Crippen LogP contribution in [0.3, 0.4) is 0 Å². The number of methoxy groups -OCH3 is 2. The minimum Gasteiger partial charge on any atom is -0.496 e. The van der Waals surface area contributed by atoms with Crippen molar-refractivity contribution < 1.29 is 28.4 Å². The number of aromatic nitrogens is 2. The zero-order valence-corrected chi connectivity index (χ0v) is 39.8. The Kier molecular flexibility index (Phi) is 12.1. The fourth-order valence-corrected chi connectivity index (χ4v) is 10.5. The van der Waals surface area contributed by atoms with Crippen molar-refractivity contribution in [3.05, 3.63) is 181 Å². The molecule has 0 N–H and O–H groups in total. The Morgan fingerprint density at radius 1 is 0.388 bits per heavy atom. The summed E-state index contributed by atoms with van der Waals surface area (Å²) >= 11 is 0. The van der Waals surface area contributed by atoms with Crippen molar-refractivity contribution in [2.24, 2.45) is 0 Å². The predicted octanol–water partition coefficient (Wildman–Crippen LogP) is 14.0. The van der Waals surface area contributed by atoms with Crippen LogP contribution in [0.15, 0.2) is 170 Å². The smallest absolute Gasteiger partial charge is 0.188 e. The number of ether oxygens (including phenoxy) is 6. The van der Waals surface area contributed by atoms with E-state index in [1.165, 1.54) is 21.5 Å². The van der Waals surface area contributed by atoms with Crippen LogP contribution in [0.1, 0.15) is 11.1 Å². The van der Waals surface area contributed by atoms with Crippen molar-refractivity contribution >= 4 is 51.7 Å². The third kappa shape index (κ3) is 8.31. The Bertz CT molecular complexity index is 3090. The highest BCUT2D eigenvalue weighted by atomic mass is 28.3. The molecule has 336 valence electrons. The number of rotatable bonds is 16. The number of fused-ring (bicyclic) bond motifs is 6. The van der Waals surface area contributed by atoms with Gasteiger partial charge in [0.1, 0.15) is 19.6 Å². The van der Waals surface area contributed by atoms with E-state index < -0.39 is 8.07 Å². The van der Waals surface area contributed by atoms with Gasteiger partial charge in [-0.2, -0.15) is 0 Å². The Hall–Kier alpha value is -7.30. The Balaban J connectivity index is 0.970. The maximum Gasteiger partial charge on any atom is 0.188 e. The van der Waals surface area contributed by atoms with Crippen LogP contribution < -0.4 is 18.9 Å². The maximum atomic E-state index is 6.89. The first-order valence-corrected chi connectivity index (χ1v) is 26.1. The van der Waals surface area contributed by atoms with Crippen molar-refractivity contribution in [3.63, 3.8) is 0 Å². The molecule has 0 spiro atoms. The average Bonchev–Trinajstić information content (AvgIpc) is 3.87. The molecular weight excluding hydrogens is 849 g/mol. The molecule has 0 unspecified atom stereocenters. The minimum absolute atomic E-state index is 0.0893. The molecule has 0 radical (unpaired) electrons. The Morgan fingerprint density at radius 3 is 1.07 bits per heavy atom. The molecule has 67 heavy (non-hydrogen) atoms. The molecule has 0 amide bonds. The van der Waals surface area contributed by atoms with E-state index in [0.717, 1.165) is 89.8 Å². The zero-order chi connectivity index (χ0) is 46.1. The highest BCUT2D eigenvalue weighted by Gasteiger charge is 2.28. The summed E-state index contributed by atoms with van der Waals surface area (Å²) in [5.74, 6) is 3.00. The van der Waals surface area contributed by atoms with E-state index in [-0.39, 0.29) is 13.6 Å². The minimum atomic E-state index is -2.19. The number of nitrogens with zero attached hydrogens (tertiary/aromatic N) is 2. The second-order valence-electron chi connectivity index (χ2n) is 17.9. The van der Waals surface area contributed by atoms with E-state index in [2.05, 4.69) is 182 Å². The fraction of sp³-hybridized carbons (Fsp3) is 0.172. The third-order valence-electron chi connectivity index (χ3n) is 12.3. The molecule has 10 rings (SSSR count). The van der Waals surface area contributed by atoms with Crippen LogP contribution in [-0.4, -0.2) is 57.5 Å². The quantitative estimate of drug-likeness (QED) is 0.0711. The molecule has 0 aliphatic rings. The van der Waals surface area contributed by atoms with Gasteiger partial charge < -0.3 is 37.6 Å². The van der Waals surface area contributed by atoms with Gasteiger partial charge in [0.05, 0.1) is 45.9 Å². The lowest BCUT2D eigenvalue weighted by atomic mass is 9.99. The van der Waals surface area contributed by atoms with Gasteiger partial charge in [0, 0.05) is 58.0 Å². The Morgan fingerprint density at radius 2 is 0.716 bits per heavy atom. The van der Waals surface area contributed by atoms with Gasteiger partial charge in [-0.3, -0.25) is 0 Å². The summed E-state index contributed by atoms with van der Waals surface area (Å²) < 4.78 is 42.6. The van der Waals surface area contributed by atoms with Crippen molar-refractivity contribution in [2.45, 2.75) is 26.9 Å². The average molecular weight is 903 g/mol. The summed E-state index contributed by atoms with van der Waals surface area (Å²) in [5.41, 5.74) is 12.2. The van der Waals surface area contributed by atoms with Gasteiger partial charge in [0.2, 0.25) is 0 Å². The van der Waals surface area contributed by atoms with Gasteiger partial charge in [0.25, 0.3) is 0 Å². The van der Waals surface area contributed by atoms with E-state index in [9.17, 15) is 0 Å². The lowest BCUT2D eigenvalue weighted by molar-refractivity contribution is 0.0513. The molecule has 0 aliphatic carbocycles. The van der Waals surface area contributed by atoms with Crippen LogP contribution in [0.25, 0.3) is 77.2 Å². The molecule has 8 nitrogen and oxygen atoms in total. The standard InChI is InChI=1S/C58H54N2O6Si/c1-39-31-47(57(63-35-61-3)53(33-39)59-49-25-13-7-19-41(49)42-20-8-14-26-50(42)59)45-23-11-17-29-55(45)65-37-67(5,6)38-66-56-30-18-12-24-46(56)48-32-40(2)34-54(58(48)64-36-62-4)60-51-27-15-9-21-43(51)44-22-10-16-28-52(44)60/h7-34H,35-38H2,1-6H3. The molecule has 0 fully saturated rings. The van der Waals surface area contributed by atoms with Crippen molar-refractivity contribution in [1.82, 2.24) is 9.13 Å². The molecule has 2 heterocycles. The third-order valence-corrected chi connectivity index (χ3v) is 14.2.